The topological polar surface area (TPSA) is 9.23 Å². The zero-order valence-corrected chi connectivity index (χ0v) is 10.5. The van der Waals surface area contributed by atoms with E-state index < -0.39 is 0 Å². The number of ether oxygens (including phenoxy) is 1. The lowest BCUT2D eigenvalue weighted by molar-refractivity contribution is 0.0279. The van der Waals surface area contributed by atoms with Gasteiger partial charge in [0.1, 0.15) is 0 Å². The van der Waals surface area contributed by atoms with Crippen molar-refractivity contribution in [2.75, 3.05) is 6.61 Å². The van der Waals surface area contributed by atoms with E-state index >= 15 is 0 Å². The van der Waals surface area contributed by atoms with E-state index in [0.717, 1.165) is 24.4 Å². The maximum Gasteiger partial charge on any atom is 0.0575 e. The Bertz CT molecular complexity index is 225. The molecule has 3 fully saturated rings. The second kappa shape index (κ2) is 5.08. The lowest BCUT2D eigenvalue weighted by Gasteiger charge is -2.40. The minimum atomic E-state index is 0.613. The smallest absolute Gasteiger partial charge is 0.0575 e. The monoisotopic (exact) mass is 222 g/mol. The summed E-state index contributed by atoms with van der Waals surface area (Å²) < 4.78 is 6.03. The van der Waals surface area contributed by atoms with Gasteiger partial charge in [0, 0.05) is 6.61 Å². The van der Waals surface area contributed by atoms with E-state index in [1.54, 1.807) is 0 Å². The summed E-state index contributed by atoms with van der Waals surface area (Å²) in [6, 6.07) is 0. The number of hydrogen-bond donors (Lipinski definition) is 0. The van der Waals surface area contributed by atoms with Crippen LogP contribution in [-0.2, 0) is 4.74 Å². The van der Waals surface area contributed by atoms with Crippen molar-refractivity contribution >= 4 is 0 Å². The zero-order chi connectivity index (χ0) is 10.8. The van der Waals surface area contributed by atoms with Crippen molar-refractivity contribution in [2.24, 2.45) is 17.8 Å². The Hall–Kier alpha value is -0.0400. The zero-order valence-electron chi connectivity index (χ0n) is 10.5. The van der Waals surface area contributed by atoms with Crippen molar-refractivity contribution in [3.63, 3.8) is 0 Å². The highest BCUT2D eigenvalue weighted by atomic mass is 16.5. The van der Waals surface area contributed by atoms with Crippen LogP contribution >= 0.6 is 0 Å². The van der Waals surface area contributed by atoms with Crippen LogP contribution in [0.15, 0.2) is 0 Å². The summed E-state index contributed by atoms with van der Waals surface area (Å²) in [5, 5.41) is 0. The third-order valence-electron chi connectivity index (χ3n) is 5.36. The quantitative estimate of drug-likeness (QED) is 0.598. The maximum atomic E-state index is 6.03. The van der Waals surface area contributed by atoms with Gasteiger partial charge in [0.2, 0.25) is 0 Å². The molecule has 4 atom stereocenters. The fourth-order valence-corrected chi connectivity index (χ4v) is 4.54. The fourth-order valence-electron chi connectivity index (χ4n) is 4.54. The molecule has 3 rings (SSSR count). The normalized spacial score (nSPS) is 45.0. The number of hydrogen-bond acceptors (Lipinski definition) is 1. The average molecular weight is 222 g/mol. The molecule has 2 bridgehead atoms. The van der Waals surface area contributed by atoms with E-state index in [4.69, 9.17) is 4.74 Å². The standard InChI is InChI=1S/C15H26O/c1-4-12-6-2-8-14-9-10-15(12)13(5-1)7-3-11-16-14/h12-15H,1-11H2. The Morgan fingerprint density at radius 1 is 0.625 bits per heavy atom. The molecule has 0 aromatic heterocycles. The lowest BCUT2D eigenvalue weighted by Crippen LogP contribution is -2.30. The molecule has 1 heteroatoms. The summed E-state index contributed by atoms with van der Waals surface area (Å²) in [7, 11) is 0. The van der Waals surface area contributed by atoms with Crippen molar-refractivity contribution in [1.29, 1.82) is 0 Å². The molecule has 1 aliphatic heterocycles. The highest BCUT2D eigenvalue weighted by Gasteiger charge is 2.34. The van der Waals surface area contributed by atoms with Crippen molar-refractivity contribution in [2.45, 2.75) is 70.3 Å². The molecule has 92 valence electrons. The van der Waals surface area contributed by atoms with E-state index in [9.17, 15) is 0 Å². The molecule has 1 saturated heterocycles. The minimum absolute atomic E-state index is 0.613. The van der Waals surface area contributed by atoms with Crippen LogP contribution in [0.2, 0.25) is 0 Å². The molecule has 1 heterocycles. The number of rotatable bonds is 0. The van der Waals surface area contributed by atoms with Crippen molar-refractivity contribution in [3.05, 3.63) is 0 Å². The molecule has 1 nitrogen and oxygen atoms in total. The Kier molecular flexibility index (Phi) is 3.51. The van der Waals surface area contributed by atoms with Gasteiger partial charge in [0.15, 0.2) is 0 Å². The van der Waals surface area contributed by atoms with Crippen LogP contribution in [0.1, 0.15) is 64.2 Å². The summed E-state index contributed by atoms with van der Waals surface area (Å²) in [5.74, 6) is 3.20. The Labute approximate surface area is 99.9 Å². The van der Waals surface area contributed by atoms with Crippen LogP contribution in [0, 0.1) is 17.8 Å². The first kappa shape index (κ1) is 11.1. The predicted molar refractivity (Wildman–Crippen MR) is 66.4 cm³/mol. The summed E-state index contributed by atoms with van der Waals surface area (Å²) in [5.41, 5.74) is 0. The van der Waals surface area contributed by atoms with Gasteiger partial charge in [-0.15, -0.1) is 0 Å². The molecule has 3 aliphatic rings. The summed E-state index contributed by atoms with van der Waals surface area (Å²) >= 11 is 0. The molecular weight excluding hydrogens is 196 g/mol. The van der Waals surface area contributed by atoms with E-state index in [2.05, 4.69) is 0 Å². The first-order valence-electron chi connectivity index (χ1n) is 7.55. The van der Waals surface area contributed by atoms with Crippen molar-refractivity contribution in [3.8, 4) is 0 Å². The van der Waals surface area contributed by atoms with Crippen molar-refractivity contribution in [1.82, 2.24) is 0 Å². The third kappa shape index (κ3) is 2.30. The van der Waals surface area contributed by atoms with Gasteiger partial charge in [0.25, 0.3) is 0 Å². The highest BCUT2D eigenvalue weighted by molar-refractivity contribution is 4.85. The molecule has 0 N–H and O–H groups in total. The first-order valence-corrected chi connectivity index (χ1v) is 7.55. The van der Waals surface area contributed by atoms with Gasteiger partial charge >= 0.3 is 0 Å². The minimum Gasteiger partial charge on any atom is -0.378 e. The van der Waals surface area contributed by atoms with E-state index in [-0.39, 0.29) is 0 Å². The van der Waals surface area contributed by atoms with E-state index in [1.807, 2.05) is 0 Å². The predicted octanol–water partition coefficient (Wildman–Crippen LogP) is 4.16. The fraction of sp³-hybridized carbons (Fsp3) is 1.00. The van der Waals surface area contributed by atoms with E-state index in [0.29, 0.717) is 6.10 Å². The molecule has 0 aromatic carbocycles. The maximum absolute atomic E-state index is 6.03. The Morgan fingerprint density at radius 2 is 1.31 bits per heavy atom. The van der Waals surface area contributed by atoms with Crippen molar-refractivity contribution < 1.29 is 4.74 Å². The SMILES string of the molecule is C1COC2CCCC3CCCC(C1)C3CC2. The van der Waals surface area contributed by atoms with Gasteiger partial charge in [-0.1, -0.05) is 32.1 Å². The van der Waals surface area contributed by atoms with Gasteiger partial charge in [-0.25, -0.2) is 0 Å². The van der Waals surface area contributed by atoms with Crippen LogP contribution in [-0.4, -0.2) is 12.7 Å². The summed E-state index contributed by atoms with van der Waals surface area (Å²) in [4.78, 5) is 0. The largest absolute Gasteiger partial charge is 0.378 e. The lowest BCUT2D eigenvalue weighted by atomic mass is 9.66. The summed E-state index contributed by atoms with van der Waals surface area (Å²) in [6.07, 6.45) is 15.1. The molecule has 4 unspecified atom stereocenters. The Morgan fingerprint density at radius 3 is 2.12 bits per heavy atom. The average Bonchev–Trinajstić information content (AvgIpc) is 2.36. The molecular formula is C15H26O. The van der Waals surface area contributed by atoms with Crippen LogP contribution in [0.4, 0.5) is 0 Å². The second-order valence-corrected chi connectivity index (χ2v) is 6.26. The van der Waals surface area contributed by atoms with Gasteiger partial charge in [-0.3, -0.25) is 0 Å². The van der Waals surface area contributed by atoms with Crippen LogP contribution in [0.25, 0.3) is 0 Å². The van der Waals surface area contributed by atoms with Gasteiger partial charge in [0.05, 0.1) is 6.10 Å². The molecule has 16 heavy (non-hydrogen) atoms. The highest BCUT2D eigenvalue weighted by Crippen LogP contribution is 2.44. The molecule has 0 aromatic rings. The number of fused-ring (bicyclic) bond motifs is 2. The molecule has 0 radical (unpaired) electrons. The van der Waals surface area contributed by atoms with Gasteiger partial charge < -0.3 is 4.74 Å². The van der Waals surface area contributed by atoms with Crippen LogP contribution in [0.5, 0.6) is 0 Å². The molecule has 2 aliphatic carbocycles. The summed E-state index contributed by atoms with van der Waals surface area (Å²) in [6.45, 7) is 1.04. The molecule has 0 amide bonds. The third-order valence-corrected chi connectivity index (χ3v) is 5.36. The molecule has 2 saturated carbocycles. The van der Waals surface area contributed by atoms with Gasteiger partial charge in [-0.2, -0.15) is 0 Å². The first-order chi connectivity index (χ1) is 7.93. The van der Waals surface area contributed by atoms with Gasteiger partial charge in [-0.05, 0) is 49.9 Å². The molecule has 0 spiro atoms. The van der Waals surface area contributed by atoms with Crippen LogP contribution in [0.3, 0.4) is 0 Å². The second-order valence-electron chi connectivity index (χ2n) is 6.26. The van der Waals surface area contributed by atoms with E-state index in [1.165, 1.54) is 64.2 Å². The van der Waals surface area contributed by atoms with Crippen LogP contribution < -0.4 is 0 Å². The Balaban J connectivity index is 1.77.